The minimum atomic E-state index is -0.570. The molecule has 127 heavy (non-hydrogen) atoms. The standard InChI is InChI=1S/C28H23N5O4S.C16H13N3O4S.C16H15N3O2S.C12H9ClN2O2.C10H10N2O2S.C6H4FNO2.ClH/c1-34-24-12-21-22(13-25(24)35-2)30-15-17(14-29)27(21)31-18-8-10-19(11-9-18)36-23-7-5-4-6-20(23)28-33-32-26(37-28)16-38-3;1-24-10-15-17-18-16(23-15)13-4-2-3-5-14(13)22-12-8-6-11(7-9-12)19(20)21;1-22-10-15-18-19-16(21-15)13-4-2-3-5-14(13)20-12-8-6-11(17)7-9-12;1-16-10-3-8-9(4-11(10)17-2)15-6-7(5-14)12(8)13;1-15-6-9-11-12-10(14-9)7-4-2-3-5-8(7)13;7-5-1-3-6(4-2-5)8(9)10;/h4-13,15H,16H2,1-3H3,(H,30,31);2-9H,10H2,1H3;2-9H,10,17H2,1H3;3-4,6H,1-2H3;2-5,13H,6H2,1H3;1-4H;1H. The van der Waals surface area contributed by atoms with Crippen LogP contribution in [0.5, 0.6) is 63.2 Å². The fourth-order valence-electron chi connectivity index (χ4n) is 11.2. The van der Waals surface area contributed by atoms with Gasteiger partial charge in [0.05, 0.1) is 116 Å². The van der Waals surface area contributed by atoms with E-state index < -0.39 is 15.7 Å². The summed E-state index contributed by atoms with van der Waals surface area (Å²) in [6.45, 7) is 0. The highest BCUT2D eigenvalue weighted by molar-refractivity contribution is 7.98. The molecule has 4 N–H and O–H groups in total. The average molecular weight is 1830 g/mol. The van der Waals surface area contributed by atoms with Crippen LogP contribution in [0, 0.1) is 48.7 Å². The molecule has 0 atom stereocenters. The number of benzene rings is 10. The number of phenols is 1. The van der Waals surface area contributed by atoms with Gasteiger partial charge in [0.25, 0.3) is 34.9 Å². The normalized spacial score (nSPS) is 10.3. The highest BCUT2D eigenvalue weighted by Gasteiger charge is 2.21. The van der Waals surface area contributed by atoms with Crippen LogP contribution >= 0.6 is 71.1 Å². The summed E-state index contributed by atoms with van der Waals surface area (Å²) in [5.74, 6) is 12.0. The van der Waals surface area contributed by atoms with Gasteiger partial charge in [0.1, 0.15) is 58.2 Å². The number of fused-ring (bicyclic) bond motifs is 2. The maximum absolute atomic E-state index is 12.1. The molecule has 6 aromatic heterocycles. The molecule has 16 rings (SSSR count). The molecule has 0 fully saturated rings. The van der Waals surface area contributed by atoms with Crippen LogP contribution in [-0.2, 0) is 23.0 Å². The maximum Gasteiger partial charge on any atom is 0.269 e. The number of non-ortho nitro benzene ring substituents is 2. The van der Waals surface area contributed by atoms with Crippen LogP contribution in [0.3, 0.4) is 0 Å². The largest absolute Gasteiger partial charge is 0.507 e. The van der Waals surface area contributed by atoms with E-state index in [-0.39, 0.29) is 29.5 Å². The second-order valence-electron chi connectivity index (χ2n) is 25.5. The number of nitro benzene ring substituents is 2. The van der Waals surface area contributed by atoms with Crippen molar-refractivity contribution in [3.8, 4) is 121 Å². The lowest BCUT2D eigenvalue weighted by molar-refractivity contribution is -0.385. The third-order valence-electron chi connectivity index (χ3n) is 17.1. The number of aromatic hydroxyl groups is 1. The number of para-hydroxylation sites is 4. The first kappa shape index (κ1) is 94.5. The van der Waals surface area contributed by atoms with Crippen molar-refractivity contribution in [1.82, 2.24) is 50.8 Å². The number of rotatable bonds is 26. The highest BCUT2D eigenvalue weighted by Crippen LogP contribution is 2.42. The summed E-state index contributed by atoms with van der Waals surface area (Å²) in [5, 5.41) is 86.2. The minimum absolute atomic E-state index is 0. The van der Waals surface area contributed by atoms with E-state index in [1.54, 1.807) is 148 Å². The van der Waals surface area contributed by atoms with Crippen LogP contribution in [0.2, 0.25) is 5.02 Å². The summed E-state index contributed by atoms with van der Waals surface area (Å²) in [7, 11) is 6.23. The van der Waals surface area contributed by atoms with Crippen molar-refractivity contribution in [3.05, 3.63) is 297 Å². The second kappa shape index (κ2) is 47.2. The number of methoxy groups -OCH3 is 4. The molecule has 0 aliphatic carbocycles. The Labute approximate surface area is 753 Å². The van der Waals surface area contributed by atoms with Gasteiger partial charge in [-0.25, -0.2) is 4.39 Å². The van der Waals surface area contributed by atoms with Gasteiger partial charge in [0.15, 0.2) is 23.0 Å². The fraction of sp³-hybridized carbons (Fsp3) is 0.136. The molecule has 10 aromatic carbocycles. The Morgan fingerprint density at radius 1 is 0.449 bits per heavy atom. The predicted molar refractivity (Wildman–Crippen MR) is 488 cm³/mol. The Morgan fingerprint density at radius 2 is 0.780 bits per heavy atom. The molecule has 16 aromatic rings. The van der Waals surface area contributed by atoms with Gasteiger partial charge in [-0.15, -0.1) is 53.2 Å². The van der Waals surface area contributed by atoms with E-state index >= 15 is 0 Å². The van der Waals surface area contributed by atoms with Crippen LogP contribution in [0.4, 0.5) is 32.8 Å². The number of phenolic OH excluding ortho intramolecular Hbond substituents is 1. The molecule has 648 valence electrons. The van der Waals surface area contributed by atoms with Crippen molar-refractivity contribution in [2.75, 3.05) is 64.5 Å². The molecular formula is C88H75Cl2FN16O16S4. The third kappa shape index (κ3) is 25.7. The summed E-state index contributed by atoms with van der Waals surface area (Å²) in [5.41, 5.74) is 12.4. The number of anilines is 3. The van der Waals surface area contributed by atoms with Gasteiger partial charge in [0, 0.05) is 70.9 Å². The van der Waals surface area contributed by atoms with E-state index in [1.807, 2.05) is 140 Å². The average Bonchev–Trinajstić information content (AvgIpc) is 1.71. The van der Waals surface area contributed by atoms with Gasteiger partial charge >= 0.3 is 0 Å². The van der Waals surface area contributed by atoms with Crippen molar-refractivity contribution in [1.29, 1.82) is 10.5 Å². The number of nitrogens with two attached hydrogens (primary N) is 1. The van der Waals surface area contributed by atoms with E-state index in [0.29, 0.717) is 188 Å². The predicted octanol–water partition coefficient (Wildman–Crippen LogP) is 22.1. The van der Waals surface area contributed by atoms with Crippen molar-refractivity contribution >= 4 is 121 Å². The molecule has 0 amide bonds. The molecular weight excluding hydrogens is 1760 g/mol. The van der Waals surface area contributed by atoms with Crippen molar-refractivity contribution < 1.29 is 70.2 Å². The number of nitrogen functional groups attached to an aromatic ring is 1. The summed E-state index contributed by atoms with van der Waals surface area (Å²) in [6.07, 6.45) is 10.9. The lowest BCUT2D eigenvalue weighted by Gasteiger charge is -2.15. The SMILES string of the molecule is COc1cc2ncc(C#N)c(Cl)c2cc1OC.COc1cc2ncc(C#N)c(Nc3ccc(Oc4ccccc4-c4nnc(CSC)o4)cc3)c2cc1OC.CSCc1nnc(-c2ccccc2O)o1.CSCc1nnc(-c2ccccc2Oc2ccc(N)cc2)o1.CSCc1nnc(-c2ccccc2Oc2ccc([N+](=O)[O-])cc2)o1.Cl.O=[N+]([O-])c1ccc(F)cc1. The lowest BCUT2D eigenvalue weighted by atomic mass is 10.1. The number of nitriles is 2. The molecule has 39 heteroatoms. The van der Waals surface area contributed by atoms with Crippen LogP contribution < -0.4 is 44.2 Å². The topological polar surface area (TPSA) is 438 Å². The zero-order chi connectivity index (χ0) is 89.4. The zero-order valence-electron chi connectivity index (χ0n) is 68.5. The molecule has 0 saturated carbocycles. The van der Waals surface area contributed by atoms with Gasteiger partial charge in [-0.3, -0.25) is 30.2 Å². The first-order chi connectivity index (χ1) is 61.3. The molecule has 0 unspecified atom stereocenters. The van der Waals surface area contributed by atoms with Crippen molar-refractivity contribution in [2.45, 2.75) is 23.0 Å². The Hall–Kier alpha value is -14.7. The Balaban J connectivity index is 0.000000166. The molecule has 0 saturated heterocycles. The number of nitro groups is 2. The number of aromatic nitrogens is 10. The van der Waals surface area contributed by atoms with Gasteiger partial charge in [0.2, 0.25) is 23.6 Å². The summed E-state index contributed by atoms with van der Waals surface area (Å²) in [4.78, 5) is 28.2. The van der Waals surface area contributed by atoms with Crippen molar-refractivity contribution in [2.24, 2.45) is 0 Å². The number of hydrogen-bond donors (Lipinski definition) is 3. The quantitative estimate of drug-likeness (QED) is 0.0257. The van der Waals surface area contributed by atoms with Crippen LogP contribution in [-0.4, -0.2) is 119 Å². The van der Waals surface area contributed by atoms with E-state index in [4.69, 9.17) is 73.4 Å². The number of halogens is 3. The van der Waals surface area contributed by atoms with Gasteiger partial charge < -0.3 is 67.0 Å². The van der Waals surface area contributed by atoms with E-state index in [1.165, 1.54) is 24.5 Å². The van der Waals surface area contributed by atoms with Crippen LogP contribution in [0.15, 0.2) is 248 Å². The summed E-state index contributed by atoms with van der Waals surface area (Å²) in [6, 6.07) is 65.3. The highest BCUT2D eigenvalue weighted by atomic mass is 35.5. The molecule has 6 heterocycles. The second-order valence-corrected chi connectivity index (χ2v) is 29.3. The Kier molecular flexibility index (Phi) is 35.1. The molecule has 32 nitrogen and oxygen atoms in total. The fourth-order valence-corrected chi connectivity index (χ4v) is 12.9. The summed E-state index contributed by atoms with van der Waals surface area (Å²) < 4.78 is 73.6. The maximum atomic E-state index is 12.1. The summed E-state index contributed by atoms with van der Waals surface area (Å²) >= 11 is 12.6. The smallest absolute Gasteiger partial charge is 0.269 e. The molecule has 0 bridgehead atoms. The van der Waals surface area contributed by atoms with Crippen molar-refractivity contribution in [3.63, 3.8) is 0 Å². The number of hydrogen-bond acceptors (Lipinski definition) is 34. The van der Waals surface area contributed by atoms with Crippen LogP contribution in [0.25, 0.3) is 67.6 Å². The number of ether oxygens (including phenoxy) is 7. The lowest BCUT2D eigenvalue weighted by Crippen LogP contribution is -1.98. The molecule has 0 aliphatic heterocycles. The minimum Gasteiger partial charge on any atom is -0.507 e. The van der Waals surface area contributed by atoms with Gasteiger partial charge in [-0.05, 0) is 158 Å². The Morgan fingerprint density at radius 3 is 1.16 bits per heavy atom. The zero-order valence-corrected chi connectivity index (χ0v) is 73.3. The van der Waals surface area contributed by atoms with Gasteiger partial charge in [-0.1, -0.05) is 60.1 Å². The molecule has 0 aliphatic rings. The van der Waals surface area contributed by atoms with Gasteiger partial charge in [-0.2, -0.15) is 57.6 Å². The number of pyridine rings is 2. The third-order valence-corrected chi connectivity index (χ3v) is 19.7. The first-order valence-corrected chi connectivity index (χ1v) is 43.0. The first-order valence-electron chi connectivity index (χ1n) is 37.1. The number of nitrogens with one attached hydrogen (secondary N) is 1. The molecule has 0 spiro atoms. The number of thioether (sulfide) groups is 4. The number of nitrogens with zero attached hydrogens (tertiary/aromatic N) is 14. The van der Waals surface area contributed by atoms with E-state index in [2.05, 4.69) is 62.1 Å². The van der Waals surface area contributed by atoms with E-state index in [9.17, 15) is 35.0 Å². The Bertz CT molecular complexity index is 6450. The van der Waals surface area contributed by atoms with Crippen LogP contribution in [0.1, 0.15) is 34.7 Å². The molecule has 0 radical (unpaired) electrons. The monoisotopic (exact) mass is 1830 g/mol. The van der Waals surface area contributed by atoms with E-state index in [0.717, 1.165) is 40.9 Å².